The lowest BCUT2D eigenvalue weighted by molar-refractivity contribution is 0.192. The molecule has 4 nitrogen and oxygen atoms in total. The minimum Gasteiger partial charge on any atom is -0.329 e. The van der Waals surface area contributed by atoms with E-state index in [4.69, 9.17) is 17.3 Å². The highest BCUT2D eigenvalue weighted by atomic mass is 35.5. The number of piperidine rings is 1. The smallest absolute Gasteiger partial charge is 0.244 e. The zero-order chi connectivity index (χ0) is 14.9. The van der Waals surface area contributed by atoms with Gasteiger partial charge in [-0.1, -0.05) is 18.5 Å². The Morgan fingerprint density at radius 1 is 1.50 bits per heavy atom. The first-order chi connectivity index (χ1) is 9.37. The Balaban J connectivity index is 2.43. The van der Waals surface area contributed by atoms with Crippen LogP contribution in [0.25, 0.3) is 0 Å². The van der Waals surface area contributed by atoms with E-state index >= 15 is 0 Å². The van der Waals surface area contributed by atoms with E-state index in [1.165, 1.54) is 10.4 Å². The summed E-state index contributed by atoms with van der Waals surface area (Å²) < 4.78 is 39.9. The van der Waals surface area contributed by atoms with Crippen LogP contribution in [0.3, 0.4) is 0 Å². The van der Waals surface area contributed by atoms with E-state index in [9.17, 15) is 12.8 Å². The fraction of sp³-hybridized carbons (Fsp3) is 0.538. The molecule has 20 heavy (non-hydrogen) atoms. The normalized spacial score (nSPS) is 24.8. The van der Waals surface area contributed by atoms with Crippen LogP contribution in [0.4, 0.5) is 4.39 Å². The molecule has 2 atom stereocenters. The van der Waals surface area contributed by atoms with Crippen LogP contribution < -0.4 is 5.73 Å². The zero-order valence-electron chi connectivity index (χ0n) is 11.2. The fourth-order valence-corrected chi connectivity index (χ4v) is 4.95. The first-order valence-electron chi connectivity index (χ1n) is 6.55. The minimum atomic E-state index is -3.75. The molecule has 0 spiro atoms. The molecule has 1 aliphatic heterocycles. The first-order valence-corrected chi connectivity index (χ1v) is 8.36. The van der Waals surface area contributed by atoms with Crippen molar-refractivity contribution < 1.29 is 12.8 Å². The SMILES string of the molecule is CC1CCCN(S(=O)(=O)c2ccc(F)cc2Cl)C1CN. The highest BCUT2D eigenvalue weighted by Gasteiger charge is 2.37. The van der Waals surface area contributed by atoms with Crippen LogP contribution in [-0.4, -0.2) is 31.9 Å². The van der Waals surface area contributed by atoms with Gasteiger partial charge in [0.1, 0.15) is 10.7 Å². The molecule has 112 valence electrons. The molecular weight excluding hydrogens is 303 g/mol. The van der Waals surface area contributed by atoms with E-state index in [0.717, 1.165) is 25.0 Å². The van der Waals surface area contributed by atoms with Crippen molar-refractivity contribution in [2.75, 3.05) is 13.1 Å². The van der Waals surface area contributed by atoms with E-state index in [1.807, 2.05) is 6.92 Å². The van der Waals surface area contributed by atoms with Crippen LogP contribution in [0.1, 0.15) is 19.8 Å². The van der Waals surface area contributed by atoms with Crippen molar-refractivity contribution in [3.05, 3.63) is 29.0 Å². The van der Waals surface area contributed by atoms with Crippen molar-refractivity contribution in [2.24, 2.45) is 11.7 Å². The van der Waals surface area contributed by atoms with Crippen LogP contribution in [0.15, 0.2) is 23.1 Å². The molecule has 0 aromatic heterocycles. The van der Waals surface area contributed by atoms with E-state index in [-0.39, 0.29) is 28.4 Å². The van der Waals surface area contributed by atoms with Gasteiger partial charge in [0.15, 0.2) is 0 Å². The molecule has 1 aliphatic rings. The summed E-state index contributed by atoms with van der Waals surface area (Å²) in [4.78, 5) is -0.0619. The van der Waals surface area contributed by atoms with Gasteiger partial charge in [-0.05, 0) is 37.0 Å². The molecule has 1 aromatic rings. The molecule has 0 saturated carbocycles. The number of hydrogen-bond acceptors (Lipinski definition) is 3. The number of sulfonamides is 1. The maximum absolute atomic E-state index is 13.1. The predicted octanol–water partition coefficient (Wildman–Crippen LogP) is 2.23. The van der Waals surface area contributed by atoms with Crippen molar-refractivity contribution in [3.63, 3.8) is 0 Å². The van der Waals surface area contributed by atoms with Gasteiger partial charge in [-0.25, -0.2) is 12.8 Å². The van der Waals surface area contributed by atoms with Gasteiger partial charge >= 0.3 is 0 Å². The van der Waals surface area contributed by atoms with E-state index < -0.39 is 15.8 Å². The van der Waals surface area contributed by atoms with Crippen LogP contribution in [0, 0.1) is 11.7 Å². The Hall–Kier alpha value is -0.690. The van der Waals surface area contributed by atoms with Gasteiger partial charge in [-0.3, -0.25) is 0 Å². The lowest BCUT2D eigenvalue weighted by Crippen LogP contribution is -2.51. The van der Waals surface area contributed by atoms with E-state index in [2.05, 4.69) is 0 Å². The third-order valence-electron chi connectivity index (χ3n) is 3.79. The molecule has 1 fully saturated rings. The lowest BCUT2D eigenvalue weighted by atomic mass is 9.93. The summed E-state index contributed by atoms with van der Waals surface area (Å²) in [6.45, 7) is 2.67. The number of nitrogens with two attached hydrogens (primary N) is 1. The summed E-state index contributed by atoms with van der Waals surface area (Å²) in [5, 5.41) is -0.0982. The quantitative estimate of drug-likeness (QED) is 0.929. The summed E-state index contributed by atoms with van der Waals surface area (Å²) in [6.07, 6.45) is 1.74. The standard InChI is InChI=1S/C13H18ClFN2O2S/c1-9-3-2-6-17(12(9)8-16)20(18,19)13-5-4-10(15)7-11(13)14/h4-5,7,9,12H,2-3,6,8,16H2,1H3. The number of halogens is 2. The van der Waals surface area contributed by atoms with Crippen LogP contribution in [0.5, 0.6) is 0 Å². The second-order valence-corrected chi connectivity index (χ2v) is 7.38. The molecule has 0 amide bonds. The summed E-state index contributed by atoms with van der Waals surface area (Å²) in [6, 6.07) is 3.08. The molecule has 1 saturated heterocycles. The molecule has 1 aromatic carbocycles. The molecule has 0 aliphatic carbocycles. The third-order valence-corrected chi connectivity index (χ3v) is 6.19. The van der Waals surface area contributed by atoms with Crippen molar-refractivity contribution in [3.8, 4) is 0 Å². The Morgan fingerprint density at radius 2 is 2.20 bits per heavy atom. The zero-order valence-corrected chi connectivity index (χ0v) is 12.8. The number of rotatable bonds is 3. The average Bonchev–Trinajstić information content (AvgIpc) is 2.37. The largest absolute Gasteiger partial charge is 0.329 e. The van der Waals surface area contributed by atoms with Crippen LogP contribution in [0.2, 0.25) is 5.02 Å². The Labute approximate surface area is 123 Å². The Morgan fingerprint density at radius 3 is 2.80 bits per heavy atom. The second-order valence-electron chi connectivity index (χ2n) is 5.11. The van der Waals surface area contributed by atoms with Gasteiger partial charge < -0.3 is 5.73 Å². The van der Waals surface area contributed by atoms with Gasteiger partial charge in [0, 0.05) is 19.1 Å². The van der Waals surface area contributed by atoms with Gasteiger partial charge in [0.05, 0.1) is 5.02 Å². The summed E-state index contributed by atoms with van der Waals surface area (Å²) in [5.74, 6) is -0.362. The van der Waals surface area contributed by atoms with Gasteiger partial charge in [-0.15, -0.1) is 0 Å². The van der Waals surface area contributed by atoms with Gasteiger partial charge in [0.25, 0.3) is 0 Å². The molecule has 7 heteroatoms. The number of benzene rings is 1. The highest BCUT2D eigenvalue weighted by Crippen LogP contribution is 2.31. The van der Waals surface area contributed by atoms with Crippen LogP contribution in [-0.2, 0) is 10.0 Å². The molecule has 2 rings (SSSR count). The summed E-state index contributed by atoms with van der Waals surface area (Å²) >= 11 is 5.88. The first kappa shape index (κ1) is 15.7. The maximum atomic E-state index is 13.1. The summed E-state index contributed by atoms with van der Waals surface area (Å²) in [5.41, 5.74) is 5.72. The summed E-state index contributed by atoms with van der Waals surface area (Å²) in [7, 11) is -3.75. The molecule has 0 bridgehead atoms. The number of hydrogen-bond donors (Lipinski definition) is 1. The highest BCUT2D eigenvalue weighted by molar-refractivity contribution is 7.89. The third kappa shape index (κ3) is 2.83. The topological polar surface area (TPSA) is 63.4 Å². The van der Waals surface area contributed by atoms with Crippen LogP contribution >= 0.6 is 11.6 Å². The predicted molar refractivity (Wildman–Crippen MR) is 76.5 cm³/mol. The van der Waals surface area contributed by atoms with E-state index in [1.54, 1.807) is 0 Å². The monoisotopic (exact) mass is 320 g/mol. The molecule has 1 heterocycles. The molecule has 2 unspecified atom stereocenters. The van der Waals surface area contributed by atoms with Gasteiger partial charge in [0.2, 0.25) is 10.0 Å². The Kier molecular flexibility index (Phi) is 4.69. The molecular formula is C13H18ClFN2O2S. The average molecular weight is 321 g/mol. The van der Waals surface area contributed by atoms with Crippen molar-refractivity contribution in [1.29, 1.82) is 0 Å². The molecule has 2 N–H and O–H groups in total. The van der Waals surface area contributed by atoms with Crippen molar-refractivity contribution >= 4 is 21.6 Å². The van der Waals surface area contributed by atoms with Crippen molar-refractivity contribution in [1.82, 2.24) is 4.31 Å². The minimum absolute atomic E-state index is 0.0619. The maximum Gasteiger partial charge on any atom is 0.244 e. The van der Waals surface area contributed by atoms with Gasteiger partial charge in [-0.2, -0.15) is 4.31 Å². The fourth-order valence-electron chi connectivity index (χ4n) is 2.67. The number of nitrogens with zero attached hydrogens (tertiary/aromatic N) is 1. The molecule has 0 radical (unpaired) electrons. The van der Waals surface area contributed by atoms with E-state index in [0.29, 0.717) is 6.54 Å². The Bertz CT molecular complexity index is 594. The van der Waals surface area contributed by atoms with Crippen molar-refractivity contribution in [2.45, 2.75) is 30.7 Å². The lowest BCUT2D eigenvalue weighted by Gasteiger charge is -2.38. The second kappa shape index (κ2) is 5.97.